The third-order valence-electron chi connectivity index (χ3n) is 6.47. The van der Waals surface area contributed by atoms with Gasteiger partial charge in [0.25, 0.3) is 0 Å². The van der Waals surface area contributed by atoms with Crippen molar-refractivity contribution in [3.63, 3.8) is 0 Å². The second-order valence-corrected chi connectivity index (χ2v) is 10.1. The largest absolute Gasteiger partial charge is 0.463 e. The number of rotatable bonds is 3. The summed E-state index contributed by atoms with van der Waals surface area (Å²) in [6.07, 6.45) is 9.89. The zero-order valence-electron chi connectivity index (χ0n) is 17.7. The summed E-state index contributed by atoms with van der Waals surface area (Å²) in [5, 5.41) is 9.35. The van der Waals surface area contributed by atoms with E-state index >= 15 is 0 Å². The molecule has 1 N–H and O–H groups in total. The number of hydrogen-bond acceptors (Lipinski definition) is 3. The van der Waals surface area contributed by atoms with Crippen molar-refractivity contribution < 1.29 is 14.6 Å². The van der Waals surface area contributed by atoms with Gasteiger partial charge < -0.3 is 9.84 Å². The monoisotopic (exact) mass is 354 g/mol. The molecule has 2 aliphatic rings. The molecule has 0 aromatic heterocycles. The lowest BCUT2D eigenvalue weighted by molar-refractivity contribution is -0.148. The van der Waals surface area contributed by atoms with E-state index in [1.165, 1.54) is 58.3 Å². The molecule has 0 saturated heterocycles. The summed E-state index contributed by atoms with van der Waals surface area (Å²) in [4.78, 5) is 10.8. The van der Waals surface area contributed by atoms with E-state index in [2.05, 4.69) is 27.7 Å². The van der Waals surface area contributed by atoms with Gasteiger partial charge in [0.2, 0.25) is 0 Å². The minimum Gasteiger partial charge on any atom is -0.463 e. The van der Waals surface area contributed by atoms with E-state index in [-0.39, 0.29) is 18.2 Å². The highest BCUT2D eigenvalue weighted by atomic mass is 16.5. The van der Waals surface area contributed by atoms with Crippen LogP contribution in [0.2, 0.25) is 0 Å². The number of aliphatic hydroxyl groups excluding tert-OH is 1. The van der Waals surface area contributed by atoms with Gasteiger partial charge in [0.15, 0.2) is 0 Å². The summed E-state index contributed by atoms with van der Waals surface area (Å²) in [5.74, 6) is 0.997. The summed E-state index contributed by atoms with van der Waals surface area (Å²) < 4.78 is 5.22. The Hall–Kier alpha value is -0.570. The van der Waals surface area contributed by atoms with Crippen molar-refractivity contribution in [2.75, 3.05) is 0 Å². The smallest absolute Gasteiger partial charge is 0.302 e. The van der Waals surface area contributed by atoms with Gasteiger partial charge in [-0.2, -0.15) is 0 Å². The highest BCUT2D eigenvalue weighted by Gasteiger charge is 2.31. The van der Waals surface area contributed by atoms with Crippen LogP contribution in [0.25, 0.3) is 0 Å². The van der Waals surface area contributed by atoms with Crippen LogP contribution in [0.4, 0.5) is 0 Å². The molecule has 148 valence electrons. The van der Waals surface area contributed by atoms with Crippen LogP contribution in [0.1, 0.15) is 99.8 Å². The highest BCUT2D eigenvalue weighted by Crippen LogP contribution is 2.40. The number of esters is 1. The van der Waals surface area contributed by atoms with Gasteiger partial charge in [-0.05, 0) is 87.9 Å². The minimum absolute atomic E-state index is 0.0916. The van der Waals surface area contributed by atoms with Crippen LogP contribution >= 0.6 is 0 Å². The number of ether oxygens (including phenoxy) is 1. The quantitative estimate of drug-likeness (QED) is 0.658. The van der Waals surface area contributed by atoms with Gasteiger partial charge in [-0.3, -0.25) is 4.79 Å². The van der Waals surface area contributed by atoms with Crippen molar-refractivity contribution >= 4 is 5.97 Å². The van der Waals surface area contributed by atoms with Gasteiger partial charge in [0, 0.05) is 6.92 Å². The Labute approximate surface area is 155 Å². The molecule has 2 fully saturated rings. The van der Waals surface area contributed by atoms with E-state index < -0.39 is 0 Å². The highest BCUT2D eigenvalue weighted by molar-refractivity contribution is 5.66. The van der Waals surface area contributed by atoms with Crippen molar-refractivity contribution in [1.82, 2.24) is 0 Å². The molecular weight excluding hydrogens is 312 g/mol. The third kappa shape index (κ3) is 8.57. The predicted molar refractivity (Wildman–Crippen MR) is 104 cm³/mol. The second kappa shape index (κ2) is 9.39. The maximum atomic E-state index is 10.8. The molecule has 0 aromatic rings. The standard InChI is InChI=1S/C12H22O2.C10H20O/c1-9(14-10(2)13)11-5-7-12(3,4)8-6-11;1-8(11)9-4-6-10(2,3)7-5-9/h9,11H,5-8H2,1-4H3;8-9,11H,4-7H2,1-3H3. The molecule has 0 aliphatic heterocycles. The predicted octanol–water partition coefficient (Wildman–Crippen LogP) is 5.74. The van der Waals surface area contributed by atoms with Crippen LogP contribution in [0.15, 0.2) is 0 Å². The first-order valence-electron chi connectivity index (χ1n) is 10.3. The zero-order valence-corrected chi connectivity index (χ0v) is 17.7. The molecule has 2 aliphatic carbocycles. The van der Waals surface area contributed by atoms with Gasteiger partial charge in [-0.1, -0.05) is 27.7 Å². The van der Waals surface area contributed by atoms with Gasteiger partial charge in [0.05, 0.1) is 6.10 Å². The van der Waals surface area contributed by atoms with Crippen molar-refractivity contribution in [3.05, 3.63) is 0 Å². The number of carbonyl (C=O) groups is 1. The van der Waals surface area contributed by atoms with Crippen LogP contribution in [-0.2, 0) is 9.53 Å². The Bertz CT molecular complexity index is 391. The molecule has 25 heavy (non-hydrogen) atoms. The zero-order chi connectivity index (χ0) is 19.3. The second-order valence-electron chi connectivity index (χ2n) is 10.1. The number of carbonyl (C=O) groups excluding carboxylic acids is 1. The van der Waals surface area contributed by atoms with E-state index in [1.807, 2.05) is 13.8 Å². The molecule has 0 bridgehead atoms. The van der Waals surface area contributed by atoms with Crippen LogP contribution in [0.3, 0.4) is 0 Å². The maximum absolute atomic E-state index is 10.8. The van der Waals surface area contributed by atoms with Crippen LogP contribution in [0, 0.1) is 22.7 Å². The van der Waals surface area contributed by atoms with Crippen molar-refractivity contribution in [3.8, 4) is 0 Å². The molecule has 3 nitrogen and oxygen atoms in total. The fraction of sp³-hybridized carbons (Fsp3) is 0.955. The van der Waals surface area contributed by atoms with Crippen molar-refractivity contribution in [1.29, 1.82) is 0 Å². The summed E-state index contributed by atoms with van der Waals surface area (Å²) in [6.45, 7) is 14.7. The molecule has 2 atom stereocenters. The normalized spacial score (nSPS) is 26.1. The molecule has 3 heteroatoms. The first kappa shape index (κ1) is 22.5. The SMILES string of the molecule is CC(=O)OC(C)C1CCC(C)(C)CC1.CC(O)C1CCC(C)(C)CC1. The number of aliphatic hydroxyl groups is 1. The maximum Gasteiger partial charge on any atom is 0.302 e. The van der Waals surface area contributed by atoms with Gasteiger partial charge in [0.1, 0.15) is 6.10 Å². The van der Waals surface area contributed by atoms with E-state index in [4.69, 9.17) is 4.74 Å². The lowest BCUT2D eigenvalue weighted by Gasteiger charge is -2.36. The molecule has 0 heterocycles. The molecule has 0 amide bonds. The van der Waals surface area contributed by atoms with Gasteiger partial charge >= 0.3 is 5.97 Å². The van der Waals surface area contributed by atoms with E-state index in [0.29, 0.717) is 22.7 Å². The summed E-state index contributed by atoms with van der Waals surface area (Å²) >= 11 is 0. The molecule has 0 aromatic carbocycles. The molecule has 2 rings (SSSR count). The fourth-order valence-corrected chi connectivity index (χ4v) is 4.15. The number of hydrogen-bond donors (Lipinski definition) is 1. The van der Waals surface area contributed by atoms with E-state index in [0.717, 1.165) is 0 Å². The molecular formula is C22H42O3. The average Bonchev–Trinajstić information content (AvgIpc) is 2.46. The average molecular weight is 355 g/mol. The van der Waals surface area contributed by atoms with Crippen molar-refractivity contribution in [2.45, 2.75) is 112 Å². The molecule has 0 radical (unpaired) electrons. The van der Waals surface area contributed by atoms with Crippen LogP contribution in [-0.4, -0.2) is 23.3 Å². The van der Waals surface area contributed by atoms with Crippen LogP contribution < -0.4 is 0 Å². The van der Waals surface area contributed by atoms with Gasteiger partial charge in [-0.25, -0.2) is 0 Å². The Morgan fingerprint density at radius 2 is 1.24 bits per heavy atom. The van der Waals surface area contributed by atoms with Gasteiger partial charge in [-0.15, -0.1) is 0 Å². The Morgan fingerprint density at radius 1 is 0.880 bits per heavy atom. The minimum atomic E-state index is -0.151. The summed E-state index contributed by atoms with van der Waals surface area (Å²) in [5.41, 5.74) is 1.03. The Morgan fingerprint density at radius 3 is 1.56 bits per heavy atom. The van der Waals surface area contributed by atoms with E-state index in [9.17, 15) is 9.90 Å². The molecule has 2 unspecified atom stereocenters. The Kier molecular flexibility index (Phi) is 8.44. The summed E-state index contributed by atoms with van der Waals surface area (Å²) in [7, 11) is 0. The third-order valence-corrected chi connectivity index (χ3v) is 6.47. The van der Waals surface area contributed by atoms with E-state index in [1.54, 1.807) is 0 Å². The first-order valence-corrected chi connectivity index (χ1v) is 10.3. The molecule has 0 spiro atoms. The lowest BCUT2D eigenvalue weighted by atomic mass is 9.72. The topological polar surface area (TPSA) is 46.5 Å². The summed E-state index contributed by atoms with van der Waals surface area (Å²) in [6, 6.07) is 0. The molecule has 2 saturated carbocycles. The van der Waals surface area contributed by atoms with Crippen LogP contribution in [0.5, 0.6) is 0 Å². The first-order chi connectivity index (χ1) is 11.4. The fourth-order valence-electron chi connectivity index (χ4n) is 4.15. The van der Waals surface area contributed by atoms with Crippen molar-refractivity contribution in [2.24, 2.45) is 22.7 Å². The Balaban J connectivity index is 0.000000257. The lowest BCUT2D eigenvalue weighted by Crippen LogP contribution is -2.30.